The standard InChI is InChI=1S/C16H18N2O5S/c1-3-22-12-6-5-10(7-13(12)23-4-2)15(19)17-8-14-18-11(9-24-14)16(20)21/h5-7,9H,3-4,8H2,1-2H3,(H,17,19)(H,20,21). The second kappa shape index (κ2) is 8.30. The van der Waals surface area contributed by atoms with Crippen LogP contribution in [0, 0.1) is 0 Å². The van der Waals surface area contributed by atoms with Crippen molar-refractivity contribution in [1.29, 1.82) is 0 Å². The first-order valence-electron chi connectivity index (χ1n) is 7.40. The van der Waals surface area contributed by atoms with Crippen molar-refractivity contribution in [3.8, 4) is 11.5 Å². The average molecular weight is 350 g/mol. The van der Waals surface area contributed by atoms with Gasteiger partial charge in [0.25, 0.3) is 5.91 Å². The molecule has 1 aromatic heterocycles. The number of benzene rings is 1. The Morgan fingerprint density at radius 2 is 1.92 bits per heavy atom. The lowest BCUT2D eigenvalue weighted by Crippen LogP contribution is -2.22. The maximum Gasteiger partial charge on any atom is 0.355 e. The van der Waals surface area contributed by atoms with Crippen molar-refractivity contribution in [3.63, 3.8) is 0 Å². The van der Waals surface area contributed by atoms with Crippen LogP contribution in [-0.4, -0.2) is 35.2 Å². The summed E-state index contributed by atoms with van der Waals surface area (Å²) < 4.78 is 11.0. The smallest absolute Gasteiger partial charge is 0.355 e. The number of thiazole rings is 1. The Labute approximate surface area is 143 Å². The quantitative estimate of drug-likeness (QED) is 0.759. The van der Waals surface area contributed by atoms with Crippen LogP contribution in [0.25, 0.3) is 0 Å². The Balaban J connectivity index is 2.05. The van der Waals surface area contributed by atoms with Gasteiger partial charge in [-0.15, -0.1) is 11.3 Å². The van der Waals surface area contributed by atoms with E-state index in [9.17, 15) is 9.59 Å². The van der Waals surface area contributed by atoms with E-state index in [0.29, 0.717) is 35.3 Å². The van der Waals surface area contributed by atoms with Crippen LogP contribution in [0.15, 0.2) is 23.6 Å². The Morgan fingerprint density at radius 1 is 1.21 bits per heavy atom. The predicted octanol–water partition coefficient (Wildman–Crippen LogP) is 2.57. The summed E-state index contributed by atoms with van der Waals surface area (Å²) in [4.78, 5) is 26.9. The predicted molar refractivity (Wildman–Crippen MR) is 89.0 cm³/mol. The fourth-order valence-corrected chi connectivity index (χ4v) is 2.65. The summed E-state index contributed by atoms with van der Waals surface area (Å²) in [5.74, 6) is -0.292. The highest BCUT2D eigenvalue weighted by molar-refractivity contribution is 7.09. The Hall–Kier alpha value is -2.61. The summed E-state index contributed by atoms with van der Waals surface area (Å²) in [7, 11) is 0. The molecule has 1 amide bonds. The van der Waals surface area contributed by atoms with Crippen LogP contribution in [-0.2, 0) is 6.54 Å². The van der Waals surface area contributed by atoms with Gasteiger partial charge in [-0.05, 0) is 32.0 Å². The normalized spacial score (nSPS) is 10.2. The van der Waals surface area contributed by atoms with Crippen LogP contribution in [0.1, 0.15) is 39.7 Å². The van der Waals surface area contributed by atoms with E-state index in [2.05, 4.69) is 10.3 Å². The third-order valence-corrected chi connectivity index (χ3v) is 3.83. The molecule has 0 radical (unpaired) electrons. The number of carbonyl (C=O) groups is 2. The van der Waals surface area contributed by atoms with Gasteiger partial charge in [0, 0.05) is 10.9 Å². The van der Waals surface area contributed by atoms with Crippen LogP contribution < -0.4 is 14.8 Å². The van der Waals surface area contributed by atoms with Crippen molar-refractivity contribution in [2.75, 3.05) is 13.2 Å². The maximum atomic E-state index is 12.2. The van der Waals surface area contributed by atoms with E-state index in [4.69, 9.17) is 14.6 Å². The van der Waals surface area contributed by atoms with Crippen LogP contribution in [0.2, 0.25) is 0 Å². The monoisotopic (exact) mass is 350 g/mol. The van der Waals surface area contributed by atoms with Crippen molar-refractivity contribution >= 4 is 23.2 Å². The number of carbonyl (C=O) groups excluding carboxylic acids is 1. The minimum absolute atomic E-state index is 0.0241. The largest absolute Gasteiger partial charge is 0.490 e. The van der Waals surface area contributed by atoms with Crippen molar-refractivity contribution in [2.24, 2.45) is 0 Å². The minimum atomic E-state index is -1.09. The van der Waals surface area contributed by atoms with E-state index < -0.39 is 5.97 Å². The van der Waals surface area contributed by atoms with Crippen LogP contribution >= 0.6 is 11.3 Å². The lowest BCUT2D eigenvalue weighted by atomic mass is 10.2. The zero-order valence-electron chi connectivity index (χ0n) is 13.4. The SMILES string of the molecule is CCOc1ccc(C(=O)NCc2nc(C(=O)O)cs2)cc1OCC. The summed E-state index contributed by atoms with van der Waals surface area (Å²) in [6.07, 6.45) is 0. The number of aromatic nitrogens is 1. The molecule has 0 fully saturated rings. The van der Waals surface area contributed by atoms with E-state index >= 15 is 0 Å². The molecule has 7 nitrogen and oxygen atoms in total. The highest BCUT2D eigenvalue weighted by Crippen LogP contribution is 2.28. The molecular weight excluding hydrogens is 332 g/mol. The average Bonchev–Trinajstić information content (AvgIpc) is 3.04. The maximum absolute atomic E-state index is 12.2. The first-order chi connectivity index (χ1) is 11.5. The minimum Gasteiger partial charge on any atom is -0.490 e. The van der Waals surface area contributed by atoms with Crippen LogP contribution in [0.5, 0.6) is 11.5 Å². The van der Waals surface area contributed by atoms with Gasteiger partial charge in [0.05, 0.1) is 19.8 Å². The van der Waals surface area contributed by atoms with E-state index in [1.54, 1.807) is 18.2 Å². The van der Waals surface area contributed by atoms with Gasteiger partial charge in [0.1, 0.15) is 5.01 Å². The molecule has 0 saturated carbocycles. The fraction of sp³-hybridized carbons (Fsp3) is 0.312. The van der Waals surface area contributed by atoms with Gasteiger partial charge < -0.3 is 19.9 Å². The summed E-state index contributed by atoms with van der Waals surface area (Å²) in [5, 5.41) is 13.5. The van der Waals surface area contributed by atoms with Gasteiger partial charge in [0.15, 0.2) is 17.2 Å². The van der Waals surface area contributed by atoms with E-state index in [1.165, 1.54) is 16.7 Å². The van der Waals surface area contributed by atoms with Gasteiger partial charge in [-0.2, -0.15) is 0 Å². The molecule has 2 N–H and O–H groups in total. The second-order valence-corrected chi connectivity index (χ2v) is 5.58. The molecule has 1 heterocycles. The third-order valence-electron chi connectivity index (χ3n) is 2.98. The number of hydrogen-bond donors (Lipinski definition) is 2. The molecule has 2 rings (SSSR count). The Kier molecular flexibility index (Phi) is 6.14. The first kappa shape index (κ1) is 17.7. The molecule has 128 valence electrons. The number of ether oxygens (including phenoxy) is 2. The summed E-state index contributed by atoms with van der Waals surface area (Å²) >= 11 is 1.18. The van der Waals surface area contributed by atoms with Crippen molar-refractivity contribution < 1.29 is 24.2 Å². The number of nitrogens with one attached hydrogen (secondary N) is 1. The Morgan fingerprint density at radius 3 is 2.54 bits per heavy atom. The number of aromatic carboxylic acids is 1. The molecule has 0 aliphatic heterocycles. The molecule has 0 atom stereocenters. The van der Waals surface area contributed by atoms with Crippen molar-refractivity contribution in [3.05, 3.63) is 39.8 Å². The zero-order valence-corrected chi connectivity index (χ0v) is 14.2. The number of carboxylic acid groups (broad SMARTS) is 1. The number of nitrogens with zero attached hydrogens (tertiary/aromatic N) is 1. The summed E-state index contributed by atoms with van der Waals surface area (Å²) in [6.45, 7) is 4.85. The molecule has 1 aromatic carbocycles. The molecule has 0 aliphatic carbocycles. The molecule has 2 aromatic rings. The topological polar surface area (TPSA) is 97.8 Å². The van der Waals surface area contributed by atoms with Gasteiger partial charge in [-0.3, -0.25) is 4.79 Å². The van der Waals surface area contributed by atoms with Gasteiger partial charge in [0.2, 0.25) is 0 Å². The van der Waals surface area contributed by atoms with E-state index in [-0.39, 0.29) is 18.1 Å². The molecule has 8 heteroatoms. The van der Waals surface area contributed by atoms with E-state index in [1.807, 2.05) is 13.8 Å². The van der Waals surface area contributed by atoms with E-state index in [0.717, 1.165) is 0 Å². The van der Waals surface area contributed by atoms with Crippen LogP contribution in [0.4, 0.5) is 0 Å². The molecule has 24 heavy (non-hydrogen) atoms. The number of hydrogen-bond acceptors (Lipinski definition) is 6. The summed E-state index contributed by atoms with van der Waals surface area (Å²) in [5.41, 5.74) is 0.404. The fourth-order valence-electron chi connectivity index (χ4n) is 1.94. The second-order valence-electron chi connectivity index (χ2n) is 4.64. The molecule has 0 unspecified atom stereocenters. The third kappa shape index (κ3) is 4.45. The first-order valence-corrected chi connectivity index (χ1v) is 8.28. The lowest BCUT2D eigenvalue weighted by molar-refractivity contribution is 0.0691. The van der Waals surface area contributed by atoms with Gasteiger partial charge in [-0.25, -0.2) is 9.78 Å². The number of carboxylic acids is 1. The lowest BCUT2D eigenvalue weighted by Gasteiger charge is -2.12. The summed E-state index contributed by atoms with van der Waals surface area (Å²) in [6, 6.07) is 4.96. The van der Waals surface area contributed by atoms with Gasteiger partial charge in [-0.1, -0.05) is 0 Å². The van der Waals surface area contributed by atoms with Crippen molar-refractivity contribution in [2.45, 2.75) is 20.4 Å². The molecular formula is C16H18N2O5S. The zero-order chi connectivity index (χ0) is 17.5. The highest BCUT2D eigenvalue weighted by atomic mass is 32.1. The number of amides is 1. The van der Waals surface area contributed by atoms with Crippen LogP contribution in [0.3, 0.4) is 0 Å². The number of rotatable bonds is 8. The molecule has 0 spiro atoms. The molecule has 0 saturated heterocycles. The molecule has 0 aliphatic rings. The van der Waals surface area contributed by atoms with Gasteiger partial charge >= 0.3 is 5.97 Å². The highest BCUT2D eigenvalue weighted by Gasteiger charge is 2.13. The van der Waals surface area contributed by atoms with Crippen molar-refractivity contribution in [1.82, 2.24) is 10.3 Å². The Bertz CT molecular complexity index is 729. The molecule has 0 bridgehead atoms.